The third kappa shape index (κ3) is 11.0. The number of phenols is 1. The average molecular weight is 710 g/mol. The lowest BCUT2D eigenvalue weighted by Gasteiger charge is -2.16. The molecule has 1 fully saturated rings. The van der Waals surface area contributed by atoms with Gasteiger partial charge in [-0.1, -0.05) is 36.4 Å². The van der Waals surface area contributed by atoms with Crippen LogP contribution in [0.3, 0.4) is 0 Å². The number of carbonyl (C=O) groups is 4. The molecule has 1 unspecified atom stereocenters. The topological polar surface area (TPSA) is 184 Å². The third-order valence-corrected chi connectivity index (χ3v) is 7.72. The minimum absolute atomic E-state index is 0.00415. The Morgan fingerprint density at radius 1 is 0.712 bits per heavy atom. The zero-order valence-electron chi connectivity index (χ0n) is 28.7. The first kappa shape index (κ1) is 38.2. The molecule has 0 radical (unpaired) electrons. The van der Waals surface area contributed by atoms with Gasteiger partial charge in [-0.3, -0.25) is 9.59 Å². The summed E-state index contributed by atoms with van der Waals surface area (Å²) < 4.78 is 16.4. The summed E-state index contributed by atoms with van der Waals surface area (Å²) in [5, 5.41) is 32.9. The molecule has 0 aromatic heterocycles. The highest BCUT2D eigenvalue weighted by Gasteiger charge is 2.22. The standard InChI is InChI=1S/C22H24N2O5.C17H15NO5/c1-24-12-11-16(14-24)29-19-9-7-15(13-20(19)28-2)8-10-21(25)23-18-6-4-3-5-17(18)22(26)27;1-23-15-10-11(6-8-14(15)19)7-9-16(20)18-13-5-3-2-4-12(13)17(21)22/h3-10,13,16H,11-12,14H2,1-2H3,(H,23,25)(H,26,27);2-10,19H,1H3,(H,18,20)(H,21,22)/b10-8+;9-7+. The van der Waals surface area contributed by atoms with Gasteiger partial charge in [0.1, 0.15) is 6.10 Å². The van der Waals surface area contributed by atoms with Crippen LogP contribution in [0.2, 0.25) is 0 Å². The number of aromatic carboxylic acids is 2. The fourth-order valence-corrected chi connectivity index (χ4v) is 5.10. The van der Waals surface area contributed by atoms with Crippen molar-refractivity contribution in [1.29, 1.82) is 0 Å². The second-order valence-corrected chi connectivity index (χ2v) is 11.5. The smallest absolute Gasteiger partial charge is 0.337 e. The number of rotatable bonds is 12. The van der Waals surface area contributed by atoms with E-state index < -0.39 is 23.8 Å². The van der Waals surface area contributed by atoms with Crippen molar-refractivity contribution < 1.29 is 48.7 Å². The number of likely N-dealkylation sites (tertiary alicyclic amines) is 1. The van der Waals surface area contributed by atoms with Crippen molar-refractivity contribution in [2.75, 3.05) is 45.0 Å². The maximum absolute atomic E-state index is 12.2. The number of amides is 2. The molecule has 0 spiro atoms. The molecule has 4 aromatic carbocycles. The van der Waals surface area contributed by atoms with E-state index >= 15 is 0 Å². The Labute approximate surface area is 300 Å². The highest BCUT2D eigenvalue weighted by molar-refractivity contribution is 6.07. The summed E-state index contributed by atoms with van der Waals surface area (Å²) in [5.74, 6) is -1.54. The molecular weight excluding hydrogens is 670 g/mol. The van der Waals surface area contributed by atoms with Gasteiger partial charge in [0.05, 0.1) is 36.7 Å². The zero-order chi connectivity index (χ0) is 37.6. The molecule has 5 N–H and O–H groups in total. The van der Waals surface area contributed by atoms with Gasteiger partial charge in [-0.2, -0.15) is 0 Å². The van der Waals surface area contributed by atoms with Gasteiger partial charge in [0.25, 0.3) is 0 Å². The summed E-state index contributed by atoms with van der Waals surface area (Å²) in [5.41, 5.74) is 1.94. The highest BCUT2D eigenvalue weighted by atomic mass is 16.5. The number of nitrogens with one attached hydrogen (secondary N) is 2. The molecule has 13 heteroatoms. The van der Waals surface area contributed by atoms with Crippen molar-refractivity contribution in [2.45, 2.75) is 12.5 Å². The van der Waals surface area contributed by atoms with Gasteiger partial charge in [-0.15, -0.1) is 0 Å². The number of methoxy groups -OCH3 is 2. The van der Waals surface area contributed by atoms with Crippen LogP contribution in [0.1, 0.15) is 38.3 Å². The van der Waals surface area contributed by atoms with Crippen LogP contribution >= 0.6 is 0 Å². The molecule has 1 aliphatic rings. The number of carbonyl (C=O) groups excluding carboxylic acids is 2. The van der Waals surface area contributed by atoms with Gasteiger partial charge >= 0.3 is 11.9 Å². The van der Waals surface area contributed by atoms with Crippen molar-refractivity contribution in [3.8, 4) is 23.0 Å². The second-order valence-electron chi connectivity index (χ2n) is 11.5. The Morgan fingerprint density at radius 2 is 1.21 bits per heavy atom. The highest BCUT2D eigenvalue weighted by Crippen LogP contribution is 2.31. The molecule has 5 rings (SSSR count). The third-order valence-electron chi connectivity index (χ3n) is 7.72. The number of carboxylic acids is 2. The maximum atomic E-state index is 12.2. The van der Waals surface area contributed by atoms with Gasteiger partial charge < -0.3 is 45.1 Å². The van der Waals surface area contributed by atoms with Crippen molar-refractivity contribution in [3.63, 3.8) is 0 Å². The molecule has 1 atom stereocenters. The van der Waals surface area contributed by atoms with E-state index in [4.69, 9.17) is 19.3 Å². The van der Waals surface area contributed by atoms with Crippen LogP contribution in [0.15, 0.2) is 97.1 Å². The molecule has 0 saturated carbocycles. The number of anilines is 2. The van der Waals surface area contributed by atoms with E-state index in [1.807, 2.05) is 12.1 Å². The minimum atomic E-state index is -1.12. The predicted molar refractivity (Wildman–Crippen MR) is 196 cm³/mol. The number of likely N-dealkylation sites (N-methyl/N-ethyl adjacent to an activating group) is 1. The van der Waals surface area contributed by atoms with Gasteiger partial charge in [0.15, 0.2) is 23.0 Å². The maximum Gasteiger partial charge on any atom is 0.337 e. The Kier molecular flexibility index (Phi) is 13.5. The summed E-state index contributed by atoms with van der Waals surface area (Å²) in [6.45, 7) is 1.89. The number of hydrogen-bond donors (Lipinski definition) is 5. The number of hydrogen-bond acceptors (Lipinski definition) is 9. The first-order valence-corrected chi connectivity index (χ1v) is 16.0. The van der Waals surface area contributed by atoms with E-state index in [9.17, 15) is 29.4 Å². The van der Waals surface area contributed by atoms with E-state index in [2.05, 4.69) is 22.6 Å². The SMILES string of the molecule is COc1cc(/C=C/C(=O)Nc2ccccc2C(=O)O)ccc1O.COc1cc(/C=C/C(=O)Nc2ccccc2C(=O)O)ccc1OC1CCN(C)C1. The van der Waals surface area contributed by atoms with E-state index in [1.54, 1.807) is 61.7 Å². The van der Waals surface area contributed by atoms with Crippen molar-refractivity contribution in [1.82, 2.24) is 4.90 Å². The van der Waals surface area contributed by atoms with E-state index in [1.165, 1.54) is 49.6 Å². The Morgan fingerprint density at radius 3 is 1.69 bits per heavy atom. The molecule has 52 heavy (non-hydrogen) atoms. The van der Waals surface area contributed by atoms with Crippen molar-refractivity contribution >= 4 is 47.3 Å². The van der Waals surface area contributed by atoms with E-state index in [0.29, 0.717) is 22.8 Å². The number of phenolic OH excluding ortho intramolecular Hbond substituents is 1. The molecule has 0 aliphatic carbocycles. The number of carboxylic acid groups (broad SMARTS) is 2. The molecule has 0 bridgehead atoms. The molecule has 2 amide bonds. The molecule has 4 aromatic rings. The first-order chi connectivity index (χ1) is 25.0. The molecule has 270 valence electrons. The molecule has 13 nitrogen and oxygen atoms in total. The first-order valence-electron chi connectivity index (χ1n) is 16.0. The summed E-state index contributed by atoms with van der Waals surface area (Å²) in [6, 6.07) is 22.5. The van der Waals surface area contributed by atoms with Gasteiger partial charge in [-0.05, 0) is 85.3 Å². The fourth-order valence-electron chi connectivity index (χ4n) is 5.10. The van der Waals surface area contributed by atoms with Crippen LogP contribution in [-0.4, -0.2) is 84.4 Å². The van der Waals surface area contributed by atoms with Crippen LogP contribution in [-0.2, 0) is 9.59 Å². The average Bonchev–Trinajstić information content (AvgIpc) is 3.55. The summed E-state index contributed by atoms with van der Waals surface area (Å²) >= 11 is 0. The zero-order valence-corrected chi connectivity index (χ0v) is 28.7. The Hall–Kier alpha value is -6.60. The van der Waals surface area contributed by atoms with Gasteiger partial charge in [-0.25, -0.2) is 9.59 Å². The summed E-state index contributed by atoms with van der Waals surface area (Å²) in [4.78, 5) is 48.6. The lowest BCUT2D eigenvalue weighted by molar-refractivity contribution is -0.112. The largest absolute Gasteiger partial charge is 0.504 e. The lowest BCUT2D eigenvalue weighted by atomic mass is 10.1. The second kappa shape index (κ2) is 18.4. The van der Waals surface area contributed by atoms with Crippen LogP contribution in [0, 0.1) is 0 Å². The lowest BCUT2D eigenvalue weighted by Crippen LogP contribution is -2.21. The number of ether oxygens (including phenoxy) is 3. The van der Waals surface area contributed by atoms with Crippen LogP contribution in [0.25, 0.3) is 12.2 Å². The number of para-hydroxylation sites is 2. The van der Waals surface area contributed by atoms with Crippen molar-refractivity contribution in [3.05, 3.63) is 119 Å². The monoisotopic (exact) mass is 709 g/mol. The number of nitrogens with zero attached hydrogens (tertiary/aromatic N) is 1. The normalized spacial score (nSPS) is 13.9. The Balaban J connectivity index is 0.000000239. The van der Waals surface area contributed by atoms with Crippen LogP contribution < -0.4 is 24.8 Å². The van der Waals surface area contributed by atoms with E-state index in [0.717, 1.165) is 25.1 Å². The fraction of sp³-hybridized carbons (Fsp3) is 0.179. The predicted octanol–water partition coefficient (Wildman–Crippen LogP) is 5.88. The van der Waals surface area contributed by atoms with Gasteiger partial charge in [0.2, 0.25) is 11.8 Å². The molecule has 1 heterocycles. The summed E-state index contributed by atoms with van der Waals surface area (Å²) in [6.07, 6.45) is 6.88. The summed E-state index contributed by atoms with van der Waals surface area (Å²) in [7, 11) is 5.07. The van der Waals surface area contributed by atoms with Crippen LogP contribution in [0.4, 0.5) is 11.4 Å². The van der Waals surface area contributed by atoms with Crippen molar-refractivity contribution in [2.24, 2.45) is 0 Å². The Bertz CT molecular complexity index is 1970. The molecule has 1 saturated heterocycles. The number of benzene rings is 4. The van der Waals surface area contributed by atoms with Crippen LogP contribution in [0.5, 0.6) is 23.0 Å². The molecular formula is C39H39N3O10. The van der Waals surface area contributed by atoms with Gasteiger partial charge in [0, 0.05) is 25.2 Å². The number of aromatic hydroxyl groups is 1. The van der Waals surface area contributed by atoms with E-state index in [-0.39, 0.29) is 34.4 Å². The molecule has 1 aliphatic heterocycles. The minimum Gasteiger partial charge on any atom is -0.504 e. The quantitative estimate of drug-likeness (QED) is 0.111.